The maximum absolute atomic E-state index is 13.5. The van der Waals surface area contributed by atoms with Crippen LogP contribution in [0.25, 0.3) is 11.3 Å². The number of anilines is 1. The molecule has 5 rings (SSSR count). The lowest BCUT2D eigenvalue weighted by Gasteiger charge is -2.20. The standard InChI is InChI=1S/C24H23ClF2N4/c25-22-6-5-19(27)11-21(22)23-7-8-24(30-29-23)28-20-9-16-13-31(14-17(16)10-20)12-15-1-3-18(26)4-2-15/h1-8,11,16-17,20H,9-10,12-14H2,(H,28,30)/t16-,17+,20-. The lowest BCUT2D eigenvalue weighted by molar-refractivity contribution is 0.301. The summed E-state index contributed by atoms with van der Waals surface area (Å²) in [4.78, 5) is 2.47. The van der Waals surface area contributed by atoms with Gasteiger partial charge in [-0.2, -0.15) is 0 Å². The molecule has 0 amide bonds. The molecule has 0 radical (unpaired) electrons. The van der Waals surface area contributed by atoms with Crippen LogP contribution in [0, 0.1) is 23.5 Å². The quantitative estimate of drug-likeness (QED) is 0.577. The molecular weight excluding hydrogens is 418 g/mol. The number of nitrogens with zero attached hydrogens (tertiary/aromatic N) is 3. The predicted octanol–water partition coefficient (Wildman–Crippen LogP) is 5.40. The van der Waals surface area contributed by atoms with Gasteiger partial charge >= 0.3 is 0 Å². The van der Waals surface area contributed by atoms with Gasteiger partial charge in [0.25, 0.3) is 0 Å². The fourth-order valence-corrected chi connectivity index (χ4v) is 5.16. The number of halogens is 3. The van der Waals surface area contributed by atoms with Gasteiger partial charge in [0.1, 0.15) is 17.5 Å². The summed E-state index contributed by atoms with van der Waals surface area (Å²) in [7, 11) is 0. The van der Waals surface area contributed by atoms with Gasteiger partial charge in [0.2, 0.25) is 0 Å². The molecule has 7 heteroatoms. The maximum Gasteiger partial charge on any atom is 0.148 e. The summed E-state index contributed by atoms with van der Waals surface area (Å²) >= 11 is 6.16. The molecule has 1 saturated heterocycles. The number of hydrogen-bond donors (Lipinski definition) is 1. The van der Waals surface area contributed by atoms with E-state index in [0.717, 1.165) is 43.9 Å². The molecule has 1 aliphatic carbocycles. The Bertz CT molecular complexity index is 1040. The molecule has 160 valence electrons. The molecule has 3 atom stereocenters. The van der Waals surface area contributed by atoms with Crippen LogP contribution in [0.5, 0.6) is 0 Å². The van der Waals surface area contributed by atoms with Gasteiger partial charge in [0.15, 0.2) is 0 Å². The Labute approximate surface area is 185 Å². The van der Waals surface area contributed by atoms with Crippen LogP contribution in [-0.2, 0) is 6.54 Å². The number of likely N-dealkylation sites (tertiary alicyclic amines) is 1. The van der Waals surface area contributed by atoms with Crippen LogP contribution in [0.4, 0.5) is 14.6 Å². The smallest absolute Gasteiger partial charge is 0.148 e. The van der Waals surface area contributed by atoms with E-state index >= 15 is 0 Å². The molecule has 0 unspecified atom stereocenters. The lowest BCUT2D eigenvalue weighted by atomic mass is 10.0. The first-order chi connectivity index (χ1) is 15.0. The number of aromatic nitrogens is 2. The van der Waals surface area contributed by atoms with Crippen molar-refractivity contribution in [1.29, 1.82) is 0 Å². The number of hydrogen-bond acceptors (Lipinski definition) is 4. The van der Waals surface area contributed by atoms with Crippen molar-refractivity contribution in [1.82, 2.24) is 15.1 Å². The number of benzene rings is 2. The minimum atomic E-state index is -0.352. The zero-order chi connectivity index (χ0) is 21.4. The molecule has 1 aliphatic heterocycles. The third-order valence-corrected chi connectivity index (χ3v) is 6.70. The van der Waals surface area contributed by atoms with Gasteiger partial charge in [-0.3, -0.25) is 4.90 Å². The lowest BCUT2D eigenvalue weighted by Crippen LogP contribution is -2.25. The van der Waals surface area contributed by atoms with Crippen LogP contribution in [0.3, 0.4) is 0 Å². The average molecular weight is 441 g/mol. The fraction of sp³-hybridized carbons (Fsp3) is 0.333. The minimum Gasteiger partial charge on any atom is -0.366 e. The van der Waals surface area contributed by atoms with Crippen LogP contribution in [-0.4, -0.2) is 34.2 Å². The summed E-state index contributed by atoms with van der Waals surface area (Å²) in [5.74, 6) is 1.51. The van der Waals surface area contributed by atoms with Crippen molar-refractivity contribution in [2.24, 2.45) is 11.8 Å². The second kappa shape index (κ2) is 8.52. The molecule has 2 aliphatic rings. The average Bonchev–Trinajstić information content (AvgIpc) is 3.30. The molecule has 31 heavy (non-hydrogen) atoms. The van der Waals surface area contributed by atoms with Crippen molar-refractivity contribution < 1.29 is 8.78 Å². The molecule has 0 spiro atoms. The van der Waals surface area contributed by atoms with Crippen molar-refractivity contribution in [2.45, 2.75) is 25.4 Å². The van der Waals surface area contributed by atoms with Crippen molar-refractivity contribution in [3.05, 3.63) is 76.8 Å². The highest BCUT2D eigenvalue weighted by atomic mass is 35.5. The van der Waals surface area contributed by atoms with Gasteiger partial charge in [-0.05, 0) is 72.7 Å². The second-order valence-electron chi connectivity index (χ2n) is 8.58. The Morgan fingerprint density at radius 3 is 2.29 bits per heavy atom. The first-order valence-corrected chi connectivity index (χ1v) is 10.9. The summed E-state index contributed by atoms with van der Waals surface area (Å²) in [6.07, 6.45) is 2.20. The number of rotatable bonds is 5. The summed E-state index contributed by atoms with van der Waals surface area (Å²) in [5, 5.41) is 12.5. The van der Waals surface area contributed by atoms with Gasteiger partial charge < -0.3 is 5.32 Å². The highest BCUT2D eigenvalue weighted by Crippen LogP contribution is 2.39. The van der Waals surface area contributed by atoms with Gasteiger partial charge in [0, 0.05) is 31.2 Å². The van der Waals surface area contributed by atoms with Crippen molar-refractivity contribution >= 4 is 17.4 Å². The molecule has 1 aromatic heterocycles. The Kier molecular flexibility index (Phi) is 5.59. The molecule has 2 heterocycles. The van der Waals surface area contributed by atoms with Gasteiger partial charge in [0.05, 0.1) is 10.7 Å². The van der Waals surface area contributed by atoms with Gasteiger partial charge in [-0.15, -0.1) is 10.2 Å². The minimum absolute atomic E-state index is 0.189. The SMILES string of the molecule is Fc1ccc(CN2C[C@H]3C[C@@H](Nc4ccc(-c5cc(F)ccc5Cl)nn4)C[C@H]3C2)cc1. The van der Waals surface area contributed by atoms with E-state index in [2.05, 4.69) is 20.4 Å². The van der Waals surface area contributed by atoms with E-state index in [1.807, 2.05) is 24.3 Å². The normalized spacial score (nSPS) is 23.1. The summed E-state index contributed by atoms with van der Waals surface area (Å²) < 4.78 is 26.6. The number of fused-ring (bicyclic) bond motifs is 1. The molecule has 2 aromatic carbocycles. The number of nitrogens with one attached hydrogen (secondary N) is 1. The highest BCUT2D eigenvalue weighted by molar-refractivity contribution is 6.33. The molecule has 1 N–H and O–H groups in total. The maximum atomic E-state index is 13.5. The zero-order valence-electron chi connectivity index (χ0n) is 16.9. The van der Waals surface area contributed by atoms with Crippen LogP contribution >= 0.6 is 11.6 Å². The zero-order valence-corrected chi connectivity index (χ0v) is 17.7. The van der Waals surface area contributed by atoms with E-state index in [9.17, 15) is 8.78 Å². The van der Waals surface area contributed by atoms with E-state index < -0.39 is 0 Å². The topological polar surface area (TPSA) is 41.0 Å². The Morgan fingerprint density at radius 1 is 0.903 bits per heavy atom. The van der Waals surface area contributed by atoms with Crippen molar-refractivity contribution in [2.75, 3.05) is 18.4 Å². The van der Waals surface area contributed by atoms with Crippen LogP contribution in [0.1, 0.15) is 18.4 Å². The Hall–Kier alpha value is -2.57. The van der Waals surface area contributed by atoms with Crippen molar-refractivity contribution in [3.8, 4) is 11.3 Å². The Morgan fingerprint density at radius 2 is 1.61 bits per heavy atom. The largest absolute Gasteiger partial charge is 0.366 e. The molecule has 2 fully saturated rings. The van der Waals surface area contributed by atoms with Gasteiger partial charge in [-0.1, -0.05) is 23.7 Å². The Balaban J connectivity index is 1.16. The van der Waals surface area contributed by atoms with Crippen LogP contribution < -0.4 is 5.32 Å². The van der Waals surface area contributed by atoms with Gasteiger partial charge in [-0.25, -0.2) is 8.78 Å². The summed E-state index contributed by atoms with van der Waals surface area (Å²) in [6, 6.07) is 15.1. The third kappa shape index (κ3) is 4.55. The molecule has 4 nitrogen and oxygen atoms in total. The van der Waals surface area contributed by atoms with E-state index in [-0.39, 0.29) is 11.6 Å². The second-order valence-corrected chi connectivity index (χ2v) is 8.99. The third-order valence-electron chi connectivity index (χ3n) is 6.37. The van der Waals surface area contributed by atoms with Crippen LogP contribution in [0.15, 0.2) is 54.6 Å². The first kappa shape index (κ1) is 20.3. The van der Waals surface area contributed by atoms with E-state index in [4.69, 9.17) is 11.6 Å². The summed E-state index contributed by atoms with van der Waals surface area (Å²) in [6.45, 7) is 3.02. The molecule has 1 saturated carbocycles. The summed E-state index contributed by atoms with van der Waals surface area (Å²) in [5.41, 5.74) is 2.25. The predicted molar refractivity (Wildman–Crippen MR) is 118 cm³/mol. The highest BCUT2D eigenvalue weighted by Gasteiger charge is 2.40. The van der Waals surface area contributed by atoms with E-state index in [1.165, 1.54) is 30.3 Å². The van der Waals surface area contributed by atoms with Crippen molar-refractivity contribution in [3.63, 3.8) is 0 Å². The fourth-order valence-electron chi connectivity index (χ4n) is 4.95. The molecular formula is C24H23ClF2N4. The first-order valence-electron chi connectivity index (χ1n) is 10.6. The molecule has 3 aromatic rings. The van der Waals surface area contributed by atoms with E-state index in [0.29, 0.717) is 34.2 Å². The van der Waals surface area contributed by atoms with E-state index in [1.54, 1.807) is 0 Å². The monoisotopic (exact) mass is 440 g/mol. The van der Waals surface area contributed by atoms with Crippen LogP contribution in [0.2, 0.25) is 5.02 Å². The molecule has 0 bridgehead atoms.